The SMILES string of the molecule is COC(=O)/C=C/CBr.COC/C=C/C(=O)N1CC[C@H](C2C=C(C#Cc3cc(OC)cc(OC)c3)C(C(N)=O)=C2N)C1.COC/C=C/C(=O)O.O=C(O)/C=C/CBr. The van der Waals surface area contributed by atoms with Gasteiger partial charge in [0.2, 0.25) is 5.91 Å². The van der Waals surface area contributed by atoms with Crippen LogP contribution in [0.25, 0.3) is 0 Å². The van der Waals surface area contributed by atoms with Crippen LogP contribution >= 0.6 is 31.9 Å². The van der Waals surface area contributed by atoms with E-state index in [1.54, 1.807) is 56.6 Å². The molecule has 1 saturated heterocycles. The largest absolute Gasteiger partial charge is 0.497 e. The lowest BCUT2D eigenvalue weighted by molar-refractivity contribution is -0.135. The van der Waals surface area contributed by atoms with Gasteiger partial charge in [0.05, 0.1) is 40.1 Å². The number of nitrogens with two attached hydrogens (primary N) is 2. The van der Waals surface area contributed by atoms with Crippen LogP contribution in [0.1, 0.15) is 12.0 Å². The fourth-order valence-electron chi connectivity index (χ4n) is 4.69. The molecule has 1 fully saturated rings. The molecule has 2 amide bonds. The molecule has 1 heterocycles. The van der Waals surface area contributed by atoms with Gasteiger partial charge in [-0.25, -0.2) is 14.4 Å². The Bertz CT molecular complexity index is 1690. The van der Waals surface area contributed by atoms with Gasteiger partial charge in [-0.1, -0.05) is 74.1 Å². The molecule has 1 aromatic carbocycles. The first kappa shape index (κ1) is 50.9. The predicted octanol–water partition coefficient (Wildman–Crippen LogP) is 3.77. The quantitative estimate of drug-likeness (QED) is 0.0904. The molecule has 0 spiro atoms. The number of carbonyl (C=O) groups is 5. The lowest BCUT2D eigenvalue weighted by Crippen LogP contribution is -2.29. The molecule has 17 heteroatoms. The van der Waals surface area contributed by atoms with E-state index in [0.29, 0.717) is 65.3 Å². The number of alkyl halides is 2. The average molecular weight is 912 g/mol. The molecule has 1 unspecified atom stereocenters. The van der Waals surface area contributed by atoms with Crippen molar-refractivity contribution in [1.82, 2.24) is 4.90 Å². The third-order valence-electron chi connectivity index (χ3n) is 7.19. The van der Waals surface area contributed by atoms with Crippen LogP contribution in [0, 0.1) is 23.7 Å². The van der Waals surface area contributed by atoms with Crippen LogP contribution in [0.3, 0.4) is 0 Å². The standard InChI is InChI=1S/C25H29N3O5.C5H7BrO2.C5H8O3.C4H5BrO2/c1-31-10-4-5-22(29)28-9-8-18(15-28)21-13-17(23(24(21)26)25(27)30)7-6-16-11-19(32-2)14-20(12-16)33-3;1-8-5(7)3-2-4-6;1-8-4-2-3-5(6)7;5-3-1-2-4(6)7/h4-5,11-14,18,21H,8-10,15,26H2,1-3H3,(H2,27,30);2-3H,4H2,1H3;2-3H,4H2,1H3,(H,6,7);1-2H,3H2,(H,6,7)/b5-4+;2*3-2+;2-1+/t18-,21?;;;/m0.../s1. The van der Waals surface area contributed by atoms with Crippen LogP contribution in [0.5, 0.6) is 11.5 Å². The van der Waals surface area contributed by atoms with Gasteiger partial charge in [0, 0.05) is 91.1 Å². The zero-order chi connectivity index (χ0) is 42.5. The van der Waals surface area contributed by atoms with Crippen molar-refractivity contribution in [3.8, 4) is 23.3 Å². The van der Waals surface area contributed by atoms with Gasteiger partial charge in [0.15, 0.2) is 0 Å². The molecule has 15 nitrogen and oxygen atoms in total. The van der Waals surface area contributed by atoms with Crippen LogP contribution in [-0.4, -0.2) is 117 Å². The maximum atomic E-state index is 12.4. The zero-order valence-corrected chi connectivity index (χ0v) is 35.0. The average Bonchev–Trinajstić information content (AvgIpc) is 3.80. The molecule has 0 saturated carbocycles. The van der Waals surface area contributed by atoms with E-state index in [2.05, 4.69) is 53.2 Å². The molecular formula is C39H49Br2N3O12. The number of nitrogens with zero attached hydrogens (tertiary/aromatic N) is 1. The minimum absolute atomic E-state index is 0.0683. The summed E-state index contributed by atoms with van der Waals surface area (Å²) in [6.07, 6.45) is 14.0. The number of amides is 2. The summed E-state index contributed by atoms with van der Waals surface area (Å²) in [5.41, 5.74) is 13.8. The minimum Gasteiger partial charge on any atom is -0.497 e. The Morgan fingerprint density at radius 3 is 1.82 bits per heavy atom. The summed E-state index contributed by atoms with van der Waals surface area (Å²) >= 11 is 6.14. The summed E-state index contributed by atoms with van der Waals surface area (Å²) < 4.78 is 24.3. The molecule has 1 aliphatic carbocycles. The van der Waals surface area contributed by atoms with Crippen molar-refractivity contribution in [3.05, 3.63) is 95.3 Å². The number of likely N-dealkylation sites (tertiary alicyclic amines) is 1. The number of benzene rings is 1. The number of methoxy groups -OCH3 is 5. The van der Waals surface area contributed by atoms with Crippen LogP contribution in [0.4, 0.5) is 0 Å². The highest BCUT2D eigenvalue weighted by Crippen LogP contribution is 2.37. The number of carboxylic acid groups (broad SMARTS) is 2. The van der Waals surface area contributed by atoms with E-state index in [0.717, 1.165) is 18.6 Å². The lowest BCUT2D eigenvalue weighted by Gasteiger charge is -2.19. The number of ether oxygens (including phenoxy) is 5. The van der Waals surface area contributed by atoms with Crippen molar-refractivity contribution in [2.45, 2.75) is 6.42 Å². The number of allylic oxidation sites excluding steroid dienone is 3. The molecule has 56 heavy (non-hydrogen) atoms. The van der Waals surface area contributed by atoms with Gasteiger partial charge in [-0.3, -0.25) is 9.59 Å². The monoisotopic (exact) mass is 909 g/mol. The Morgan fingerprint density at radius 2 is 1.36 bits per heavy atom. The van der Waals surface area contributed by atoms with E-state index in [1.165, 1.54) is 38.5 Å². The predicted molar refractivity (Wildman–Crippen MR) is 218 cm³/mol. The third-order valence-corrected chi connectivity index (χ3v) is 7.93. The molecule has 1 aromatic rings. The summed E-state index contributed by atoms with van der Waals surface area (Å²) in [6.45, 7) is 1.90. The first-order valence-corrected chi connectivity index (χ1v) is 18.8. The number of hydrogen-bond donors (Lipinski definition) is 4. The molecule has 6 N–H and O–H groups in total. The van der Waals surface area contributed by atoms with Crippen molar-refractivity contribution >= 4 is 61.6 Å². The molecule has 1 aliphatic heterocycles. The van der Waals surface area contributed by atoms with Gasteiger partial charge in [0.25, 0.3) is 5.91 Å². The number of hydrogen-bond acceptors (Lipinski definition) is 11. The van der Waals surface area contributed by atoms with E-state index in [-0.39, 0.29) is 29.3 Å². The van der Waals surface area contributed by atoms with E-state index in [4.69, 9.17) is 35.9 Å². The molecule has 306 valence electrons. The minimum atomic E-state index is -0.943. The third kappa shape index (κ3) is 21.1. The van der Waals surface area contributed by atoms with Gasteiger partial charge in [-0.2, -0.15) is 0 Å². The van der Waals surface area contributed by atoms with Crippen LogP contribution in [0.2, 0.25) is 0 Å². The summed E-state index contributed by atoms with van der Waals surface area (Å²) in [6, 6.07) is 5.30. The summed E-state index contributed by atoms with van der Waals surface area (Å²) in [5.74, 6) is 4.32. The van der Waals surface area contributed by atoms with E-state index < -0.39 is 17.8 Å². The fraction of sp³-hybridized carbons (Fsp3) is 0.359. The van der Waals surface area contributed by atoms with Crippen molar-refractivity contribution in [3.63, 3.8) is 0 Å². The molecule has 0 radical (unpaired) electrons. The van der Waals surface area contributed by atoms with E-state index >= 15 is 0 Å². The van der Waals surface area contributed by atoms with Crippen molar-refractivity contribution in [1.29, 1.82) is 0 Å². The number of primary amides is 1. The molecule has 3 rings (SSSR count). The highest BCUT2D eigenvalue weighted by Gasteiger charge is 2.37. The van der Waals surface area contributed by atoms with Gasteiger partial charge in [0.1, 0.15) is 11.5 Å². The fourth-order valence-corrected chi connectivity index (χ4v) is 5.07. The Morgan fingerprint density at radius 1 is 0.821 bits per heavy atom. The zero-order valence-electron chi connectivity index (χ0n) is 31.9. The number of carbonyl (C=O) groups excluding carboxylic acids is 3. The highest BCUT2D eigenvalue weighted by atomic mass is 79.9. The number of halogens is 2. The number of carboxylic acids is 2. The van der Waals surface area contributed by atoms with Crippen LogP contribution in [0.15, 0.2) is 89.7 Å². The molecule has 2 aliphatic rings. The lowest BCUT2D eigenvalue weighted by atomic mass is 9.90. The van der Waals surface area contributed by atoms with Crippen LogP contribution in [-0.2, 0) is 38.2 Å². The molecular weight excluding hydrogens is 862 g/mol. The molecule has 2 atom stereocenters. The van der Waals surface area contributed by atoms with Gasteiger partial charge in [-0.15, -0.1) is 0 Å². The second kappa shape index (κ2) is 30.1. The van der Waals surface area contributed by atoms with E-state index in [1.807, 2.05) is 6.08 Å². The van der Waals surface area contributed by atoms with Gasteiger partial charge >= 0.3 is 17.9 Å². The van der Waals surface area contributed by atoms with E-state index in [9.17, 15) is 24.0 Å². The van der Waals surface area contributed by atoms with Crippen LogP contribution < -0.4 is 20.9 Å². The first-order chi connectivity index (χ1) is 26.7. The Labute approximate surface area is 343 Å². The van der Waals surface area contributed by atoms with Crippen molar-refractivity contribution < 1.29 is 57.9 Å². The Kier molecular flexibility index (Phi) is 27.3. The molecule has 0 bridgehead atoms. The number of aliphatic carboxylic acids is 2. The first-order valence-electron chi connectivity index (χ1n) is 16.6. The topological polar surface area (TPSA) is 227 Å². The second-order valence-electron chi connectivity index (χ2n) is 11.0. The molecule has 0 aromatic heterocycles. The van der Waals surface area contributed by atoms with Gasteiger partial charge in [-0.05, 0) is 24.5 Å². The second-order valence-corrected chi connectivity index (χ2v) is 12.3. The number of rotatable bonds is 14. The summed E-state index contributed by atoms with van der Waals surface area (Å²) in [5, 5.41) is 17.2. The van der Waals surface area contributed by atoms with Crippen molar-refractivity contribution in [2.24, 2.45) is 23.3 Å². The number of esters is 1. The smallest absolute Gasteiger partial charge is 0.330 e. The Balaban J connectivity index is 0.00000106. The summed E-state index contributed by atoms with van der Waals surface area (Å²) in [7, 11) is 7.55. The maximum absolute atomic E-state index is 12.4. The van der Waals surface area contributed by atoms with Gasteiger partial charge < -0.3 is 50.3 Å². The Hall–Kier alpha value is -5.15. The van der Waals surface area contributed by atoms with Crippen molar-refractivity contribution in [2.75, 3.05) is 72.5 Å². The summed E-state index contributed by atoms with van der Waals surface area (Å²) in [4.78, 5) is 55.9. The maximum Gasteiger partial charge on any atom is 0.330 e. The highest BCUT2D eigenvalue weighted by molar-refractivity contribution is 9.09. The normalized spacial score (nSPS) is 15.8.